The highest BCUT2D eigenvalue weighted by Crippen LogP contribution is 2.27. The fourth-order valence-corrected chi connectivity index (χ4v) is 4.25. The Kier molecular flexibility index (Phi) is 3.69. The zero-order valence-electron chi connectivity index (χ0n) is 12.8. The lowest BCUT2D eigenvalue weighted by Gasteiger charge is -2.26. The third-order valence-electron chi connectivity index (χ3n) is 4.10. The van der Waals surface area contributed by atoms with E-state index in [2.05, 4.69) is 5.10 Å². The molecule has 1 aromatic carbocycles. The standard InChI is InChI=1S/C14H16N4O4S/c1-10-13-7-8-17(9-14(13)16(2)15-10)23(21,22)12-5-3-11(4-6-12)18(19)20/h3-6H,7-9H2,1-2H3. The number of nitro benzene ring substituents is 1. The summed E-state index contributed by atoms with van der Waals surface area (Å²) in [5.41, 5.74) is 2.78. The van der Waals surface area contributed by atoms with E-state index in [4.69, 9.17) is 0 Å². The van der Waals surface area contributed by atoms with Gasteiger partial charge < -0.3 is 0 Å². The molecule has 0 bridgehead atoms. The van der Waals surface area contributed by atoms with Crippen LogP contribution in [0.2, 0.25) is 0 Å². The molecule has 1 aliphatic heterocycles. The molecule has 0 spiro atoms. The van der Waals surface area contributed by atoms with Crippen LogP contribution in [0.4, 0.5) is 5.69 Å². The summed E-state index contributed by atoms with van der Waals surface area (Å²) in [7, 11) is -1.89. The topological polar surface area (TPSA) is 98.3 Å². The van der Waals surface area contributed by atoms with E-state index in [-0.39, 0.29) is 17.1 Å². The lowest BCUT2D eigenvalue weighted by atomic mass is 10.1. The highest BCUT2D eigenvalue weighted by atomic mass is 32.2. The maximum atomic E-state index is 12.7. The predicted molar refractivity (Wildman–Crippen MR) is 82.3 cm³/mol. The number of non-ortho nitro benzene ring substituents is 1. The van der Waals surface area contributed by atoms with Gasteiger partial charge in [-0.25, -0.2) is 8.42 Å². The smallest absolute Gasteiger partial charge is 0.269 e. The second kappa shape index (κ2) is 5.43. The van der Waals surface area contributed by atoms with E-state index < -0.39 is 14.9 Å². The molecule has 0 atom stereocenters. The molecule has 0 saturated heterocycles. The molecule has 0 unspecified atom stereocenters. The molecule has 9 heteroatoms. The Labute approximate surface area is 133 Å². The van der Waals surface area contributed by atoms with Crippen molar-refractivity contribution in [2.45, 2.75) is 24.8 Å². The summed E-state index contributed by atoms with van der Waals surface area (Å²) in [6.07, 6.45) is 0.612. The molecule has 0 N–H and O–H groups in total. The number of fused-ring (bicyclic) bond motifs is 1. The SMILES string of the molecule is Cc1nn(C)c2c1CCN(S(=O)(=O)c1ccc([N+](=O)[O-])cc1)C2. The van der Waals surface area contributed by atoms with E-state index in [1.54, 1.807) is 11.7 Å². The van der Waals surface area contributed by atoms with Crippen molar-refractivity contribution in [3.8, 4) is 0 Å². The molecular formula is C14H16N4O4S. The largest absolute Gasteiger partial charge is 0.271 e. The Morgan fingerprint density at radius 2 is 1.91 bits per heavy atom. The van der Waals surface area contributed by atoms with Gasteiger partial charge in [0.05, 0.1) is 27.8 Å². The number of aromatic nitrogens is 2. The van der Waals surface area contributed by atoms with Crippen LogP contribution < -0.4 is 0 Å². The fourth-order valence-electron chi connectivity index (χ4n) is 2.85. The van der Waals surface area contributed by atoms with Gasteiger partial charge in [0, 0.05) is 25.7 Å². The Balaban J connectivity index is 1.92. The predicted octanol–water partition coefficient (Wildman–Crippen LogP) is 1.38. The third kappa shape index (κ3) is 2.62. The highest BCUT2D eigenvalue weighted by Gasteiger charge is 2.31. The molecular weight excluding hydrogens is 320 g/mol. The van der Waals surface area contributed by atoms with E-state index in [9.17, 15) is 18.5 Å². The highest BCUT2D eigenvalue weighted by molar-refractivity contribution is 7.89. The van der Waals surface area contributed by atoms with Crippen molar-refractivity contribution in [3.05, 3.63) is 51.3 Å². The minimum atomic E-state index is -3.69. The molecule has 122 valence electrons. The summed E-state index contributed by atoms with van der Waals surface area (Å²) in [4.78, 5) is 10.2. The first kappa shape index (κ1) is 15.6. The average Bonchev–Trinajstić information content (AvgIpc) is 2.81. The van der Waals surface area contributed by atoms with Crippen LogP contribution in [0.1, 0.15) is 17.0 Å². The third-order valence-corrected chi connectivity index (χ3v) is 5.96. The van der Waals surface area contributed by atoms with E-state index >= 15 is 0 Å². The molecule has 2 aromatic rings. The van der Waals surface area contributed by atoms with E-state index in [0.717, 1.165) is 17.0 Å². The fraction of sp³-hybridized carbons (Fsp3) is 0.357. The molecule has 8 nitrogen and oxygen atoms in total. The van der Waals surface area contributed by atoms with E-state index in [1.807, 2.05) is 6.92 Å². The lowest BCUT2D eigenvalue weighted by Crippen LogP contribution is -2.36. The molecule has 23 heavy (non-hydrogen) atoms. The molecule has 1 aliphatic rings. The molecule has 2 heterocycles. The number of hydrogen-bond acceptors (Lipinski definition) is 5. The minimum Gasteiger partial charge on any atom is -0.271 e. The van der Waals surface area contributed by atoms with Crippen LogP contribution in [-0.4, -0.2) is 34.0 Å². The summed E-state index contributed by atoms with van der Waals surface area (Å²) in [6, 6.07) is 4.96. The summed E-state index contributed by atoms with van der Waals surface area (Å²) in [6.45, 7) is 2.55. The van der Waals surface area contributed by atoms with Gasteiger partial charge in [-0.05, 0) is 31.0 Å². The number of rotatable bonds is 3. The first-order valence-corrected chi connectivity index (χ1v) is 8.50. The molecule has 1 aromatic heterocycles. The van der Waals surface area contributed by atoms with Crippen LogP contribution in [0.15, 0.2) is 29.2 Å². The van der Waals surface area contributed by atoms with Crippen molar-refractivity contribution < 1.29 is 13.3 Å². The van der Waals surface area contributed by atoms with Crippen LogP contribution in [0.5, 0.6) is 0 Å². The lowest BCUT2D eigenvalue weighted by molar-refractivity contribution is -0.384. The van der Waals surface area contributed by atoms with E-state index in [0.29, 0.717) is 13.0 Å². The van der Waals surface area contributed by atoms with Crippen molar-refractivity contribution in [2.75, 3.05) is 6.54 Å². The van der Waals surface area contributed by atoms with Crippen LogP contribution in [0.3, 0.4) is 0 Å². The van der Waals surface area contributed by atoms with Crippen LogP contribution in [-0.2, 0) is 30.0 Å². The second-order valence-electron chi connectivity index (χ2n) is 5.47. The molecule has 0 aliphatic carbocycles. The van der Waals surface area contributed by atoms with Crippen molar-refractivity contribution in [2.24, 2.45) is 7.05 Å². The van der Waals surface area contributed by atoms with Crippen molar-refractivity contribution in [3.63, 3.8) is 0 Å². The van der Waals surface area contributed by atoms with Gasteiger partial charge in [0.15, 0.2) is 0 Å². The van der Waals surface area contributed by atoms with Crippen molar-refractivity contribution in [1.29, 1.82) is 0 Å². The Bertz CT molecular complexity index is 871. The first-order valence-electron chi connectivity index (χ1n) is 7.06. The summed E-state index contributed by atoms with van der Waals surface area (Å²) in [5, 5.41) is 15.0. The van der Waals surface area contributed by atoms with Gasteiger partial charge in [0.1, 0.15) is 0 Å². The van der Waals surface area contributed by atoms with Gasteiger partial charge in [-0.3, -0.25) is 14.8 Å². The Hall–Kier alpha value is -2.26. The van der Waals surface area contributed by atoms with Gasteiger partial charge in [-0.1, -0.05) is 0 Å². The van der Waals surface area contributed by atoms with Crippen molar-refractivity contribution >= 4 is 15.7 Å². The molecule has 0 radical (unpaired) electrons. The van der Waals surface area contributed by atoms with Gasteiger partial charge >= 0.3 is 0 Å². The van der Waals surface area contributed by atoms with Gasteiger partial charge in [0.2, 0.25) is 10.0 Å². The Morgan fingerprint density at radius 1 is 1.26 bits per heavy atom. The molecule has 0 amide bonds. The Morgan fingerprint density at radius 3 is 2.52 bits per heavy atom. The number of benzene rings is 1. The van der Waals surface area contributed by atoms with Gasteiger partial charge in [-0.2, -0.15) is 9.40 Å². The number of hydrogen-bond donors (Lipinski definition) is 0. The van der Waals surface area contributed by atoms with Crippen LogP contribution >= 0.6 is 0 Å². The zero-order chi connectivity index (χ0) is 16.8. The molecule has 0 fully saturated rings. The maximum absolute atomic E-state index is 12.7. The minimum absolute atomic E-state index is 0.0606. The number of nitrogens with zero attached hydrogens (tertiary/aromatic N) is 4. The van der Waals surface area contributed by atoms with Crippen molar-refractivity contribution in [1.82, 2.24) is 14.1 Å². The molecule has 0 saturated carbocycles. The monoisotopic (exact) mass is 336 g/mol. The van der Waals surface area contributed by atoms with Crippen LogP contribution in [0, 0.1) is 17.0 Å². The number of sulfonamides is 1. The summed E-state index contributed by atoms with van der Waals surface area (Å²) < 4.78 is 28.5. The van der Waals surface area contributed by atoms with Gasteiger partial charge in [0.25, 0.3) is 5.69 Å². The quantitative estimate of drug-likeness (QED) is 0.623. The summed E-state index contributed by atoms with van der Waals surface area (Å²) >= 11 is 0. The number of aryl methyl sites for hydroxylation is 2. The second-order valence-corrected chi connectivity index (χ2v) is 7.41. The van der Waals surface area contributed by atoms with Crippen LogP contribution in [0.25, 0.3) is 0 Å². The average molecular weight is 336 g/mol. The maximum Gasteiger partial charge on any atom is 0.269 e. The molecule has 3 rings (SSSR count). The number of nitro groups is 1. The first-order chi connectivity index (χ1) is 10.8. The summed E-state index contributed by atoms with van der Waals surface area (Å²) in [5.74, 6) is 0. The van der Waals surface area contributed by atoms with E-state index in [1.165, 1.54) is 28.6 Å². The zero-order valence-corrected chi connectivity index (χ0v) is 13.6. The normalized spacial score (nSPS) is 15.4. The van der Waals surface area contributed by atoms with Gasteiger partial charge in [-0.15, -0.1) is 0 Å².